The van der Waals surface area contributed by atoms with E-state index in [1.165, 1.54) is 0 Å². The third-order valence-corrected chi connectivity index (χ3v) is 11.8. The second-order valence-corrected chi connectivity index (χ2v) is 15.5. The van der Waals surface area contributed by atoms with Gasteiger partial charge in [0.25, 0.3) is 5.91 Å². The van der Waals surface area contributed by atoms with Crippen LogP contribution in [0.5, 0.6) is 5.75 Å². The molecule has 5 N–H and O–H groups in total. The Morgan fingerprint density at radius 3 is 2.44 bits per heavy atom. The van der Waals surface area contributed by atoms with Crippen LogP contribution in [0.15, 0.2) is 36.4 Å². The van der Waals surface area contributed by atoms with Gasteiger partial charge >= 0.3 is 5.97 Å². The lowest BCUT2D eigenvalue weighted by Gasteiger charge is -2.62. The lowest BCUT2D eigenvalue weighted by atomic mass is 9.45. The monoisotopic (exact) mass is 721 g/mol. The molecular formula is C39H55N5O8. The maximum Gasteiger partial charge on any atom is 0.303 e. The number of methoxy groups -OCH3 is 1. The number of nitrogens with zero attached hydrogens (tertiary/aromatic N) is 2. The first-order valence-electron chi connectivity index (χ1n) is 18.2. The first kappa shape index (κ1) is 39.0. The number of rotatable bonds is 14. The van der Waals surface area contributed by atoms with E-state index in [9.17, 15) is 24.3 Å². The number of anilines is 1. The van der Waals surface area contributed by atoms with Gasteiger partial charge in [-0.3, -0.25) is 24.0 Å². The van der Waals surface area contributed by atoms with E-state index in [1.54, 1.807) is 32.2 Å². The summed E-state index contributed by atoms with van der Waals surface area (Å²) in [7, 11) is 6.95. The van der Waals surface area contributed by atoms with Crippen molar-refractivity contribution in [2.75, 3.05) is 39.7 Å². The molecule has 1 saturated heterocycles. The first-order chi connectivity index (χ1) is 24.6. The van der Waals surface area contributed by atoms with Gasteiger partial charge in [0.2, 0.25) is 11.8 Å². The molecule has 2 bridgehead atoms. The molecule has 4 fully saturated rings. The van der Waals surface area contributed by atoms with Crippen LogP contribution in [0, 0.1) is 29.1 Å². The lowest BCUT2D eigenvalue weighted by Crippen LogP contribution is -2.62. The lowest BCUT2D eigenvalue weighted by molar-refractivity contribution is -0.177. The van der Waals surface area contributed by atoms with Crippen LogP contribution in [0.1, 0.15) is 69.3 Å². The van der Waals surface area contributed by atoms with E-state index < -0.39 is 36.0 Å². The third kappa shape index (κ3) is 7.91. The topological polar surface area (TPSA) is 170 Å². The molecule has 0 aromatic heterocycles. The third-order valence-electron chi connectivity index (χ3n) is 11.8. The van der Waals surface area contributed by atoms with Gasteiger partial charge < -0.3 is 35.8 Å². The minimum absolute atomic E-state index is 0.0214. The van der Waals surface area contributed by atoms with Gasteiger partial charge in [0.15, 0.2) is 0 Å². The number of carbonyl (C=O) groups is 4. The van der Waals surface area contributed by atoms with E-state index >= 15 is 0 Å². The molecule has 0 spiro atoms. The Morgan fingerprint density at radius 2 is 1.85 bits per heavy atom. The summed E-state index contributed by atoms with van der Waals surface area (Å²) in [6.07, 6.45) is -0.229. The van der Waals surface area contributed by atoms with E-state index in [4.69, 9.17) is 14.7 Å². The fourth-order valence-corrected chi connectivity index (χ4v) is 8.67. The van der Waals surface area contributed by atoms with Gasteiger partial charge in [0.1, 0.15) is 17.9 Å². The molecule has 3 aliphatic carbocycles. The fourth-order valence-electron chi connectivity index (χ4n) is 8.67. The molecule has 8 atom stereocenters. The van der Waals surface area contributed by atoms with Crippen LogP contribution in [0.25, 0.3) is 11.1 Å². The highest BCUT2D eigenvalue weighted by Crippen LogP contribution is 2.61. The molecule has 3 amide bonds. The summed E-state index contributed by atoms with van der Waals surface area (Å²) in [4.78, 5) is 59.1. The number of amides is 3. The SMILES string of the molecule is CNC(=O)c1cc(-c2cccc(CN3O[C@@H](CNC(=O)CCC(=O)O)[C@@H]([C@H](C)O)[C@H]3C(=O)N[C@H]3C[C@H]4C[C@@H]([C@@H]3C)C4(C)C)c2OC)cc(N(C)C)c1. The summed E-state index contributed by atoms with van der Waals surface area (Å²) in [6, 6.07) is 10.3. The predicted molar refractivity (Wildman–Crippen MR) is 196 cm³/mol. The molecule has 0 unspecified atom stereocenters. The minimum atomic E-state index is -1.08. The zero-order valence-electron chi connectivity index (χ0n) is 31.6. The zero-order chi connectivity index (χ0) is 38.1. The number of carboxylic acid groups (broad SMARTS) is 1. The number of ether oxygens (including phenoxy) is 1. The van der Waals surface area contributed by atoms with Crippen LogP contribution in [0.3, 0.4) is 0 Å². The molecule has 284 valence electrons. The van der Waals surface area contributed by atoms with E-state index in [0.29, 0.717) is 28.7 Å². The number of aliphatic hydroxyl groups excluding tert-OH is 1. The van der Waals surface area contributed by atoms with E-state index in [-0.39, 0.29) is 55.1 Å². The number of carbonyl (C=O) groups excluding carboxylic acids is 3. The Morgan fingerprint density at radius 1 is 1.12 bits per heavy atom. The van der Waals surface area contributed by atoms with Crippen molar-refractivity contribution in [3.05, 3.63) is 47.5 Å². The standard InChI is InChI=1S/C39H55N5O8/c1-21-29-17-26(39(29,3)4)18-30(21)42-38(50)35-34(22(2)45)31(19-41-32(46)12-13-33(47)48)52-44(35)20-23-10-9-11-28(36(23)51-8)24-14-25(37(49)40-5)16-27(15-24)43(6)7/h9-11,14-16,21-22,26,29-31,34-35,45H,12-13,17-20H2,1-8H3,(H,40,49)(H,41,46)(H,42,50)(H,47,48)/t21-,22-,26+,29-,30-,31-,34+,35-/m0/s1. The molecule has 2 aromatic carbocycles. The van der Waals surface area contributed by atoms with Gasteiger partial charge in [-0.1, -0.05) is 39.0 Å². The molecule has 1 aliphatic heterocycles. The first-order valence-corrected chi connectivity index (χ1v) is 18.2. The average Bonchev–Trinajstić information content (AvgIpc) is 3.47. The van der Waals surface area contributed by atoms with Crippen molar-refractivity contribution in [1.82, 2.24) is 21.0 Å². The number of para-hydroxylation sites is 1. The molecule has 4 aliphatic rings. The number of aliphatic hydroxyl groups is 1. The van der Waals surface area contributed by atoms with Crippen LogP contribution >= 0.6 is 0 Å². The Bertz CT molecular complexity index is 1660. The van der Waals surface area contributed by atoms with Gasteiger partial charge in [0.05, 0.1) is 26.2 Å². The Labute approximate surface area is 306 Å². The van der Waals surface area contributed by atoms with E-state index in [1.807, 2.05) is 49.3 Å². The van der Waals surface area contributed by atoms with Gasteiger partial charge in [-0.2, -0.15) is 5.06 Å². The summed E-state index contributed by atoms with van der Waals surface area (Å²) < 4.78 is 6.01. The van der Waals surface area contributed by atoms with Gasteiger partial charge in [0, 0.05) is 68.4 Å². The van der Waals surface area contributed by atoms with Crippen LogP contribution in [-0.4, -0.2) is 98.1 Å². The molecule has 13 nitrogen and oxygen atoms in total. The number of carboxylic acids is 1. The summed E-state index contributed by atoms with van der Waals surface area (Å²) >= 11 is 0. The quantitative estimate of drug-likeness (QED) is 0.195. The maximum atomic E-state index is 14.4. The van der Waals surface area contributed by atoms with Gasteiger partial charge in [-0.05, 0) is 66.7 Å². The zero-order valence-corrected chi connectivity index (χ0v) is 31.6. The van der Waals surface area contributed by atoms with Gasteiger partial charge in [-0.15, -0.1) is 0 Å². The number of hydrogen-bond acceptors (Lipinski definition) is 9. The smallest absolute Gasteiger partial charge is 0.303 e. The number of nitrogens with one attached hydrogen (secondary N) is 3. The van der Waals surface area contributed by atoms with E-state index in [2.05, 4.69) is 36.7 Å². The molecule has 3 saturated carbocycles. The van der Waals surface area contributed by atoms with Crippen molar-refractivity contribution >= 4 is 29.4 Å². The van der Waals surface area contributed by atoms with Crippen molar-refractivity contribution in [1.29, 1.82) is 0 Å². The van der Waals surface area contributed by atoms with Crippen molar-refractivity contribution in [3.8, 4) is 16.9 Å². The molecule has 0 radical (unpaired) electrons. The summed E-state index contributed by atoms with van der Waals surface area (Å²) in [6.45, 7) is 8.52. The van der Waals surface area contributed by atoms with Crippen molar-refractivity contribution < 1.29 is 39.0 Å². The second kappa shape index (κ2) is 15.8. The number of fused-ring (bicyclic) bond motifs is 2. The number of aliphatic carboxylic acids is 1. The fraction of sp³-hybridized carbons (Fsp3) is 0.590. The molecule has 1 heterocycles. The highest BCUT2D eigenvalue weighted by atomic mass is 16.7. The summed E-state index contributed by atoms with van der Waals surface area (Å²) in [5.41, 5.74) is 3.76. The highest BCUT2D eigenvalue weighted by molar-refractivity contribution is 5.97. The number of hydroxylamine groups is 2. The second-order valence-electron chi connectivity index (χ2n) is 15.5. The maximum absolute atomic E-state index is 14.4. The highest BCUT2D eigenvalue weighted by Gasteiger charge is 2.57. The van der Waals surface area contributed by atoms with Crippen molar-refractivity contribution in [3.63, 3.8) is 0 Å². The van der Waals surface area contributed by atoms with Crippen molar-refractivity contribution in [2.45, 2.75) is 84.2 Å². The number of hydrogen-bond donors (Lipinski definition) is 5. The van der Waals surface area contributed by atoms with Crippen LogP contribution < -0.4 is 25.6 Å². The molecule has 2 aromatic rings. The Hall–Kier alpha value is -4.20. The predicted octanol–water partition coefficient (Wildman–Crippen LogP) is 3.44. The molecule has 52 heavy (non-hydrogen) atoms. The average molecular weight is 722 g/mol. The normalized spacial score (nSPS) is 26.8. The largest absolute Gasteiger partial charge is 0.496 e. The van der Waals surface area contributed by atoms with Crippen LogP contribution in [-0.2, 0) is 25.8 Å². The van der Waals surface area contributed by atoms with Gasteiger partial charge in [-0.25, -0.2) is 0 Å². The molecular weight excluding hydrogens is 666 g/mol. The summed E-state index contributed by atoms with van der Waals surface area (Å²) in [5, 5.41) is 30.5. The van der Waals surface area contributed by atoms with Crippen LogP contribution in [0.4, 0.5) is 5.69 Å². The summed E-state index contributed by atoms with van der Waals surface area (Å²) in [5.74, 6) is -0.889. The number of benzene rings is 2. The van der Waals surface area contributed by atoms with Crippen LogP contribution in [0.2, 0.25) is 0 Å². The minimum Gasteiger partial charge on any atom is -0.496 e. The van der Waals surface area contributed by atoms with Crippen molar-refractivity contribution in [2.24, 2.45) is 29.1 Å². The molecule has 6 rings (SSSR count). The molecule has 13 heteroatoms. The Kier molecular flexibility index (Phi) is 11.9. The van der Waals surface area contributed by atoms with E-state index in [0.717, 1.165) is 29.7 Å². The Balaban J connectivity index is 1.48.